The zero-order valence-electron chi connectivity index (χ0n) is 13.1. The first-order chi connectivity index (χ1) is 11.3. The van der Waals surface area contributed by atoms with Crippen LogP contribution in [0.3, 0.4) is 0 Å². The van der Waals surface area contributed by atoms with Crippen molar-refractivity contribution in [1.29, 1.82) is 0 Å². The van der Waals surface area contributed by atoms with Gasteiger partial charge in [-0.2, -0.15) is 0 Å². The van der Waals surface area contributed by atoms with Crippen LogP contribution in [0.2, 0.25) is 0 Å². The predicted molar refractivity (Wildman–Crippen MR) is 91.6 cm³/mol. The average molecular weight is 310 g/mol. The van der Waals surface area contributed by atoms with Gasteiger partial charge in [0.05, 0.1) is 0 Å². The second kappa shape index (κ2) is 7.79. The average Bonchev–Trinajstić information content (AvgIpc) is 2.62. The zero-order chi connectivity index (χ0) is 15.9. The quantitative estimate of drug-likeness (QED) is 0.904. The predicted octanol–water partition coefficient (Wildman–Crippen LogP) is 3.77. The van der Waals surface area contributed by atoms with Crippen molar-refractivity contribution in [3.8, 4) is 0 Å². The van der Waals surface area contributed by atoms with E-state index in [9.17, 15) is 4.79 Å². The summed E-state index contributed by atoms with van der Waals surface area (Å²) in [6.45, 7) is 1.34. The minimum absolute atomic E-state index is 0.204. The van der Waals surface area contributed by atoms with Crippen molar-refractivity contribution in [1.82, 2.24) is 5.32 Å². The van der Waals surface area contributed by atoms with E-state index in [2.05, 4.69) is 34.9 Å². The molecule has 0 spiro atoms. The maximum absolute atomic E-state index is 11.8. The van der Waals surface area contributed by atoms with Gasteiger partial charge in [-0.05, 0) is 43.0 Å². The van der Waals surface area contributed by atoms with Crippen molar-refractivity contribution in [3.63, 3.8) is 0 Å². The first-order valence-electron chi connectivity index (χ1n) is 8.08. The molecule has 1 heterocycles. The molecule has 1 aliphatic rings. The SMILES string of the molecule is O=C(Nc1ccccc1)OC[C@@H]1C[C@@H](c2ccccc2)CCN1. The van der Waals surface area contributed by atoms with Gasteiger partial charge in [0.25, 0.3) is 0 Å². The third-order valence-electron chi connectivity index (χ3n) is 4.20. The van der Waals surface area contributed by atoms with Gasteiger partial charge in [0.1, 0.15) is 6.61 Å². The van der Waals surface area contributed by atoms with Gasteiger partial charge in [0.15, 0.2) is 0 Å². The van der Waals surface area contributed by atoms with Crippen LogP contribution in [0.4, 0.5) is 10.5 Å². The molecule has 0 bridgehead atoms. The summed E-state index contributed by atoms with van der Waals surface area (Å²) in [6.07, 6.45) is 1.71. The highest BCUT2D eigenvalue weighted by Crippen LogP contribution is 2.27. The number of hydrogen-bond acceptors (Lipinski definition) is 3. The molecule has 4 nitrogen and oxygen atoms in total. The van der Waals surface area contributed by atoms with Crippen LogP contribution in [0.15, 0.2) is 60.7 Å². The lowest BCUT2D eigenvalue weighted by atomic mass is 9.87. The fraction of sp³-hybridized carbons (Fsp3) is 0.316. The Kier molecular flexibility index (Phi) is 5.27. The standard InChI is InChI=1S/C19H22N2O2/c22-19(21-17-9-5-2-6-10-17)23-14-18-13-16(11-12-20-18)15-7-3-1-4-8-15/h1-10,16,18,20H,11-14H2,(H,21,22)/t16-,18-/m0/s1. The van der Waals surface area contributed by atoms with E-state index in [0.717, 1.165) is 25.1 Å². The molecule has 2 atom stereocenters. The maximum Gasteiger partial charge on any atom is 0.411 e. The molecule has 2 aromatic rings. The topological polar surface area (TPSA) is 50.4 Å². The molecule has 120 valence electrons. The number of para-hydroxylation sites is 1. The Morgan fingerprint density at radius 1 is 1.09 bits per heavy atom. The molecule has 0 unspecified atom stereocenters. The number of hydrogen-bond donors (Lipinski definition) is 2. The number of piperidine rings is 1. The number of rotatable bonds is 4. The maximum atomic E-state index is 11.8. The van der Waals surface area contributed by atoms with Gasteiger partial charge in [0.2, 0.25) is 0 Å². The van der Waals surface area contributed by atoms with Gasteiger partial charge in [-0.3, -0.25) is 5.32 Å². The molecule has 4 heteroatoms. The molecule has 0 aliphatic carbocycles. The lowest BCUT2D eigenvalue weighted by molar-refractivity contribution is 0.139. The summed E-state index contributed by atoms with van der Waals surface area (Å²) in [5.41, 5.74) is 2.11. The van der Waals surface area contributed by atoms with Crippen molar-refractivity contribution in [3.05, 3.63) is 66.2 Å². The van der Waals surface area contributed by atoms with Gasteiger partial charge in [0, 0.05) is 11.7 Å². The van der Waals surface area contributed by atoms with Crippen molar-refractivity contribution < 1.29 is 9.53 Å². The van der Waals surface area contributed by atoms with E-state index in [1.54, 1.807) is 0 Å². The van der Waals surface area contributed by atoms with Gasteiger partial charge in [-0.1, -0.05) is 48.5 Å². The molecule has 1 amide bonds. The van der Waals surface area contributed by atoms with Crippen LogP contribution in [-0.2, 0) is 4.74 Å². The lowest BCUT2D eigenvalue weighted by Gasteiger charge is -2.30. The second-order valence-electron chi connectivity index (χ2n) is 5.87. The number of amides is 1. The summed E-state index contributed by atoms with van der Waals surface area (Å²) in [6, 6.07) is 20.1. The van der Waals surface area contributed by atoms with E-state index in [1.165, 1.54) is 5.56 Å². The molecule has 0 saturated carbocycles. The smallest absolute Gasteiger partial charge is 0.411 e. The third kappa shape index (κ3) is 4.57. The fourth-order valence-electron chi connectivity index (χ4n) is 3.01. The Bertz CT molecular complexity index is 616. The fourth-order valence-corrected chi connectivity index (χ4v) is 3.01. The van der Waals surface area contributed by atoms with Crippen LogP contribution in [0.1, 0.15) is 24.3 Å². The Hall–Kier alpha value is -2.33. The molecule has 1 saturated heterocycles. The van der Waals surface area contributed by atoms with E-state index in [-0.39, 0.29) is 6.04 Å². The number of carbonyl (C=O) groups is 1. The number of carbonyl (C=O) groups excluding carboxylic acids is 1. The molecule has 2 aromatic carbocycles. The summed E-state index contributed by atoms with van der Waals surface area (Å²) in [5, 5.41) is 6.17. The Labute approximate surface area is 136 Å². The minimum atomic E-state index is -0.403. The molecule has 0 radical (unpaired) electrons. The largest absolute Gasteiger partial charge is 0.448 e. The van der Waals surface area contributed by atoms with Crippen molar-refractivity contribution in [2.24, 2.45) is 0 Å². The normalized spacial score (nSPS) is 20.7. The Morgan fingerprint density at radius 3 is 2.52 bits per heavy atom. The molecular weight excluding hydrogens is 288 g/mol. The highest BCUT2D eigenvalue weighted by molar-refractivity contribution is 5.84. The molecule has 1 aliphatic heterocycles. The second-order valence-corrected chi connectivity index (χ2v) is 5.87. The first-order valence-corrected chi connectivity index (χ1v) is 8.08. The van der Waals surface area contributed by atoms with Crippen LogP contribution in [-0.4, -0.2) is 25.3 Å². The van der Waals surface area contributed by atoms with Gasteiger partial charge in [-0.25, -0.2) is 4.79 Å². The van der Waals surface area contributed by atoms with Crippen molar-refractivity contribution in [2.45, 2.75) is 24.8 Å². The van der Waals surface area contributed by atoms with Gasteiger partial charge < -0.3 is 10.1 Å². The van der Waals surface area contributed by atoms with Crippen molar-refractivity contribution >= 4 is 11.8 Å². The number of ether oxygens (including phenoxy) is 1. The molecular formula is C19H22N2O2. The van der Waals surface area contributed by atoms with E-state index < -0.39 is 6.09 Å². The minimum Gasteiger partial charge on any atom is -0.448 e. The zero-order valence-corrected chi connectivity index (χ0v) is 13.1. The lowest BCUT2D eigenvalue weighted by Crippen LogP contribution is -2.41. The highest BCUT2D eigenvalue weighted by Gasteiger charge is 2.23. The third-order valence-corrected chi connectivity index (χ3v) is 4.20. The highest BCUT2D eigenvalue weighted by atomic mass is 16.5. The van der Waals surface area contributed by atoms with Crippen LogP contribution in [0.5, 0.6) is 0 Å². The first kappa shape index (κ1) is 15.6. The molecule has 3 rings (SSSR count). The Balaban J connectivity index is 1.47. The summed E-state index contributed by atoms with van der Waals surface area (Å²) in [4.78, 5) is 11.8. The van der Waals surface area contributed by atoms with Crippen molar-refractivity contribution in [2.75, 3.05) is 18.5 Å². The molecule has 2 N–H and O–H groups in total. The van der Waals surface area contributed by atoms with E-state index in [1.807, 2.05) is 36.4 Å². The van der Waals surface area contributed by atoms with E-state index in [4.69, 9.17) is 4.74 Å². The summed E-state index contributed by atoms with van der Waals surface area (Å²) < 4.78 is 5.36. The van der Waals surface area contributed by atoms with Gasteiger partial charge >= 0.3 is 6.09 Å². The molecule has 23 heavy (non-hydrogen) atoms. The summed E-state index contributed by atoms with van der Waals surface area (Å²) in [7, 11) is 0. The van der Waals surface area contributed by atoms with Crippen LogP contribution in [0.25, 0.3) is 0 Å². The Morgan fingerprint density at radius 2 is 1.78 bits per heavy atom. The van der Waals surface area contributed by atoms with E-state index >= 15 is 0 Å². The molecule has 1 fully saturated rings. The molecule has 0 aromatic heterocycles. The van der Waals surface area contributed by atoms with Crippen LogP contribution < -0.4 is 10.6 Å². The summed E-state index contributed by atoms with van der Waals surface area (Å²) >= 11 is 0. The van der Waals surface area contributed by atoms with E-state index in [0.29, 0.717) is 12.5 Å². The van der Waals surface area contributed by atoms with Crippen LogP contribution in [0, 0.1) is 0 Å². The number of anilines is 1. The summed E-state index contributed by atoms with van der Waals surface area (Å²) in [5.74, 6) is 0.531. The monoisotopic (exact) mass is 310 g/mol. The number of benzene rings is 2. The van der Waals surface area contributed by atoms with Crippen LogP contribution >= 0.6 is 0 Å². The van der Waals surface area contributed by atoms with Gasteiger partial charge in [-0.15, -0.1) is 0 Å². The number of nitrogens with one attached hydrogen (secondary N) is 2.